The normalized spacial score (nSPS) is 15.6. The molecule has 1 aromatic rings. The van der Waals surface area contributed by atoms with Gasteiger partial charge in [-0.3, -0.25) is 0 Å². The molecule has 1 aromatic carbocycles. The van der Waals surface area contributed by atoms with Gasteiger partial charge in [-0.2, -0.15) is 0 Å². The van der Waals surface area contributed by atoms with Gasteiger partial charge in [-0.25, -0.2) is 4.79 Å². The summed E-state index contributed by atoms with van der Waals surface area (Å²) < 4.78 is 0. The Labute approximate surface area is 108 Å². The zero-order chi connectivity index (χ0) is 12.8. The molecule has 18 heavy (non-hydrogen) atoms. The van der Waals surface area contributed by atoms with Gasteiger partial charge in [0.2, 0.25) is 0 Å². The standard InChI is InChI=1S/C14H21N3O/c15-9-12-6-3-7-13(8-12)17-14(18)16-10-11-4-1-2-5-11/h3,6-8,11H,1-2,4-5,9-10,15H2,(H2,16,17,18). The Kier molecular flexibility index (Phi) is 4.59. The highest BCUT2D eigenvalue weighted by Gasteiger charge is 2.15. The summed E-state index contributed by atoms with van der Waals surface area (Å²) in [7, 11) is 0. The molecule has 4 N–H and O–H groups in total. The predicted molar refractivity (Wildman–Crippen MR) is 73.3 cm³/mol. The molecular weight excluding hydrogens is 226 g/mol. The molecule has 98 valence electrons. The third kappa shape index (κ3) is 3.74. The van der Waals surface area contributed by atoms with Gasteiger partial charge < -0.3 is 16.4 Å². The van der Waals surface area contributed by atoms with Crippen molar-refractivity contribution in [2.75, 3.05) is 11.9 Å². The summed E-state index contributed by atoms with van der Waals surface area (Å²) in [5, 5.41) is 5.76. The van der Waals surface area contributed by atoms with Crippen molar-refractivity contribution in [3.05, 3.63) is 29.8 Å². The van der Waals surface area contributed by atoms with Crippen molar-refractivity contribution in [1.82, 2.24) is 5.32 Å². The van der Waals surface area contributed by atoms with Gasteiger partial charge in [0.05, 0.1) is 0 Å². The van der Waals surface area contributed by atoms with E-state index in [-0.39, 0.29) is 6.03 Å². The molecule has 0 saturated heterocycles. The number of carbonyl (C=O) groups is 1. The lowest BCUT2D eigenvalue weighted by Gasteiger charge is -2.12. The molecular formula is C14H21N3O. The number of hydrogen-bond acceptors (Lipinski definition) is 2. The van der Waals surface area contributed by atoms with Crippen LogP contribution < -0.4 is 16.4 Å². The second-order valence-corrected chi connectivity index (χ2v) is 4.89. The molecule has 4 heteroatoms. The first kappa shape index (κ1) is 12.9. The van der Waals surface area contributed by atoms with Crippen LogP contribution in [-0.2, 0) is 6.54 Å². The lowest BCUT2D eigenvalue weighted by atomic mass is 10.1. The summed E-state index contributed by atoms with van der Waals surface area (Å²) in [6, 6.07) is 7.48. The van der Waals surface area contributed by atoms with E-state index in [1.54, 1.807) is 0 Å². The van der Waals surface area contributed by atoms with Crippen LogP contribution in [-0.4, -0.2) is 12.6 Å². The lowest BCUT2D eigenvalue weighted by molar-refractivity contribution is 0.250. The molecule has 1 aliphatic carbocycles. The van der Waals surface area contributed by atoms with Gasteiger partial charge in [-0.05, 0) is 36.5 Å². The van der Waals surface area contributed by atoms with Gasteiger partial charge in [0.25, 0.3) is 0 Å². The van der Waals surface area contributed by atoms with Crippen LogP contribution in [0.2, 0.25) is 0 Å². The monoisotopic (exact) mass is 247 g/mol. The van der Waals surface area contributed by atoms with Gasteiger partial charge >= 0.3 is 6.03 Å². The van der Waals surface area contributed by atoms with Crippen LogP contribution in [0.15, 0.2) is 24.3 Å². The number of benzene rings is 1. The predicted octanol–water partition coefficient (Wildman–Crippen LogP) is 2.46. The Balaban J connectivity index is 1.78. The quantitative estimate of drug-likeness (QED) is 0.765. The lowest BCUT2D eigenvalue weighted by Crippen LogP contribution is -2.32. The van der Waals surface area contributed by atoms with Crippen LogP contribution in [0.1, 0.15) is 31.2 Å². The number of anilines is 1. The molecule has 1 saturated carbocycles. The average Bonchev–Trinajstić information content (AvgIpc) is 2.90. The van der Waals surface area contributed by atoms with Crippen molar-refractivity contribution in [3.8, 4) is 0 Å². The van der Waals surface area contributed by atoms with Gasteiger partial charge in [-0.1, -0.05) is 25.0 Å². The van der Waals surface area contributed by atoms with Crippen molar-refractivity contribution in [2.24, 2.45) is 11.7 Å². The minimum absolute atomic E-state index is 0.129. The van der Waals surface area contributed by atoms with Crippen molar-refractivity contribution in [1.29, 1.82) is 0 Å². The largest absolute Gasteiger partial charge is 0.338 e. The van der Waals surface area contributed by atoms with Crippen molar-refractivity contribution >= 4 is 11.7 Å². The van der Waals surface area contributed by atoms with Gasteiger partial charge in [0.15, 0.2) is 0 Å². The molecule has 1 aliphatic rings. The molecule has 0 aliphatic heterocycles. The molecule has 0 radical (unpaired) electrons. The first-order chi connectivity index (χ1) is 8.78. The fraction of sp³-hybridized carbons (Fsp3) is 0.500. The maximum atomic E-state index is 11.7. The van der Waals surface area contributed by atoms with E-state index in [1.165, 1.54) is 25.7 Å². The van der Waals surface area contributed by atoms with E-state index in [1.807, 2.05) is 24.3 Å². The van der Waals surface area contributed by atoms with Crippen molar-refractivity contribution in [2.45, 2.75) is 32.2 Å². The molecule has 0 spiro atoms. The summed E-state index contributed by atoms with van der Waals surface area (Å²) in [6.45, 7) is 1.27. The molecule has 2 amide bonds. The van der Waals surface area contributed by atoms with E-state index in [4.69, 9.17) is 5.73 Å². The Morgan fingerprint density at radius 2 is 2.11 bits per heavy atom. The zero-order valence-corrected chi connectivity index (χ0v) is 10.6. The van der Waals surface area contributed by atoms with Crippen LogP contribution in [0.4, 0.5) is 10.5 Å². The molecule has 4 nitrogen and oxygen atoms in total. The van der Waals surface area contributed by atoms with Crippen LogP contribution in [0.25, 0.3) is 0 Å². The van der Waals surface area contributed by atoms with Crippen LogP contribution in [0.3, 0.4) is 0 Å². The second kappa shape index (κ2) is 6.40. The minimum atomic E-state index is -0.129. The van der Waals surface area contributed by atoms with E-state index in [2.05, 4.69) is 10.6 Å². The number of urea groups is 1. The number of nitrogens with one attached hydrogen (secondary N) is 2. The number of rotatable bonds is 4. The molecule has 0 unspecified atom stereocenters. The van der Waals surface area contributed by atoms with E-state index < -0.39 is 0 Å². The van der Waals surface area contributed by atoms with Crippen molar-refractivity contribution in [3.63, 3.8) is 0 Å². The van der Waals surface area contributed by atoms with E-state index in [0.29, 0.717) is 12.5 Å². The van der Waals surface area contributed by atoms with Gasteiger partial charge in [-0.15, -0.1) is 0 Å². The molecule has 0 heterocycles. The maximum Gasteiger partial charge on any atom is 0.319 e. The Morgan fingerprint density at radius 3 is 2.83 bits per heavy atom. The summed E-state index contributed by atoms with van der Waals surface area (Å²) in [5.41, 5.74) is 7.37. The molecule has 0 atom stereocenters. The fourth-order valence-electron chi connectivity index (χ4n) is 2.40. The Morgan fingerprint density at radius 1 is 1.33 bits per heavy atom. The van der Waals surface area contributed by atoms with Crippen LogP contribution in [0.5, 0.6) is 0 Å². The van der Waals surface area contributed by atoms with E-state index in [0.717, 1.165) is 17.8 Å². The Hall–Kier alpha value is -1.55. The summed E-state index contributed by atoms with van der Waals surface area (Å²) in [5.74, 6) is 0.658. The number of hydrogen-bond donors (Lipinski definition) is 3. The minimum Gasteiger partial charge on any atom is -0.338 e. The smallest absolute Gasteiger partial charge is 0.319 e. The molecule has 0 bridgehead atoms. The van der Waals surface area contributed by atoms with Gasteiger partial charge in [0, 0.05) is 18.8 Å². The zero-order valence-electron chi connectivity index (χ0n) is 10.6. The molecule has 1 fully saturated rings. The van der Waals surface area contributed by atoms with E-state index in [9.17, 15) is 4.79 Å². The van der Waals surface area contributed by atoms with E-state index >= 15 is 0 Å². The summed E-state index contributed by atoms with van der Waals surface area (Å²) in [4.78, 5) is 11.7. The van der Waals surface area contributed by atoms with Crippen LogP contribution >= 0.6 is 0 Å². The highest BCUT2D eigenvalue weighted by atomic mass is 16.2. The third-order valence-electron chi connectivity index (χ3n) is 3.45. The molecule has 2 rings (SSSR count). The number of amides is 2. The van der Waals surface area contributed by atoms with Gasteiger partial charge in [0.1, 0.15) is 0 Å². The second-order valence-electron chi connectivity index (χ2n) is 4.89. The summed E-state index contributed by atoms with van der Waals surface area (Å²) in [6.07, 6.45) is 5.07. The highest BCUT2D eigenvalue weighted by Crippen LogP contribution is 2.23. The number of nitrogens with two attached hydrogens (primary N) is 1. The first-order valence-electron chi connectivity index (χ1n) is 6.62. The SMILES string of the molecule is NCc1cccc(NC(=O)NCC2CCCC2)c1. The first-order valence-corrected chi connectivity index (χ1v) is 6.62. The Bertz CT molecular complexity index is 400. The van der Waals surface area contributed by atoms with Crippen molar-refractivity contribution < 1.29 is 4.79 Å². The topological polar surface area (TPSA) is 67.1 Å². The van der Waals surface area contributed by atoms with Crippen LogP contribution in [0, 0.1) is 5.92 Å². The highest BCUT2D eigenvalue weighted by molar-refractivity contribution is 5.89. The third-order valence-corrected chi connectivity index (χ3v) is 3.45. The number of carbonyl (C=O) groups excluding carboxylic acids is 1. The molecule has 0 aromatic heterocycles. The summed E-state index contributed by atoms with van der Waals surface area (Å²) >= 11 is 0. The average molecular weight is 247 g/mol. The fourth-order valence-corrected chi connectivity index (χ4v) is 2.40. The maximum absolute atomic E-state index is 11.7.